The summed E-state index contributed by atoms with van der Waals surface area (Å²) in [5.41, 5.74) is 5.20. The maximum absolute atomic E-state index is 12.2. The van der Waals surface area contributed by atoms with Crippen molar-refractivity contribution in [2.45, 2.75) is 27.3 Å². The van der Waals surface area contributed by atoms with Crippen molar-refractivity contribution in [1.82, 2.24) is 20.0 Å². The Hall–Kier alpha value is -2.89. The van der Waals surface area contributed by atoms with Gasteiger partial charge in [-0.3, -0.25) is 14.3 Å². The van der Waals surface area contributed by atoms with Crippen molar-refractivity contribution in [3.63, 3.8) is 0 Å². The highest BCUT2D eigenvalue weighted by molar-refractivity contribution is 5.94. The molecule has 0 aliphatic heterocycles. The van der Waals surface area contributed by atoms with E-state index in [0.717, 1.165) is 17.0 Å². The van der Waals surface area contributed by atoms with Gasteiger partial charge in [-0.1, -0.05) is 29.8 Å². The first-order chi connectivity index (χ1) is 12.3. The third-order valence-electron chi connectivity index (χ3n) is 4.32. The van der Waals surface area contributed by atoms with Crippen LogP contribution in [-0.2, 0) is 16.1 Å². The van der Waals surface area contributed by atoms with E-state index in [0.29, 0.717) is 6.54 Å². The molecule has 1 N–H and O–H groups in total. The van der Waals surface area contributed by atoms with E-state index in [1.165, 1.54) is 22.1 Å². The minimum absolute atomic E-state index is 0.0321. The third kappa shape index (κ3) is 4.81. The SMILES string of the molecule is CNC(=O)CN(C)C(=O)/C=C/c1c(C)nn(Cc2ccc(C)cc2)c1C. The first-order valence-corrected chi connectivity index (χ1v) is 8.55. The van der Waals surface area contributed by atoms with E-state index in [1.807, 2.05) is 18.5 Å². The summed E-state index contributed by atoms with van der Waals surface area (Å²) in [6, 6.07) is 8.36. The Morgan fingerprint density at radius 2 is 1.85 bits per heavy atom. The van der Waals surface area contributed by atoms with Crippen molar-refractivity contribution < 1.29 is 9.59 Å². The van der Waals surface area contributed by atoms with E-state index in [-0.39, 0.29) is 18.4 Å². The number of aromatic nitrogens is 2. The van der Waals surface area contributed by atoms with Crippen LogP contribution in [0.25, 0.3) is 6.08 Å². The van der Waals surface area contributed by atoms with Crippen molar-refractivity contribution in [3.8, 4) is 0 Å². The molecule has 1 aromatic heterocycles. The number of amides is 2. The summed E-state index contributed by atoms with van der Waals surface area (Å²) in [4.78, 5) is 24.9. The van der Waals surface area contributed by atoms with Gasteiger partial charge >= 0.3 is 0 Å². The van der Waals surface area contributed by atoms with Crippen molar-refractivity contribution in [2.24, 2.45) is 0 Å². The van der Waals surface area contributed by atoms with Crippen LogP contribution < -0.4 is 5.32 Å². The van der Waals surface area contributed by atoms with Gasteiger partial charge in [0.1, 0.15) is 0 Å². The zero-order chi connectivity index (χ0) is 19.3. The largest absolute Gasteiger partial charge is 0.358 e. The highest BCUT2D eigenvalue weighted by atomic mass is 16.2. The summed E-state index contributed by atoms with van der Waals surface area (Å²) >= 11 is 0. The summed E-state index contributed by atoms with van der Waals surface area (Å²) < 4.78 is 1.94. The van der Waals surface area contributed by atoms with Crippen molar-refractivity contribution in [1.29, 1.82) is 0 Å². The van der Waals surface area contributed by atoms with Crippen LogP contribution in [0.2, 0.25) is 0 Å². The highest BCUT2D eigenvalue weighted by Gasteiger charge is 2.12. The Labute approximate surface area is 154 Å². The Morgan fingerprint density at radius 3 is 2.46 bits per heavy atom. The predicted octanol–water partition coefficient (Wildman–Crippen LogP) is 2.07. The highest BCUT2D eigenvalue weighted by Crippen LogP contribution is 2.17. The number of hydrogen-bond acceptors (Lipinski definition) is 3. The summed E-state index contributed by atoms with van der Waals surface area (Å²) in [5, 5.41) is 7.09. The number of nitrogens with one attached hydrogen (secondary N) is 1. The smallest absolute Gasteiger partial charge is 0.246 e. The van der Waals surface area contributed by atoms with E-state index < -0.39 is 0 Å². The van der Waals surface area contributed by atoms with E-state index in [2.05, 4.69) is 41.6 Å². The van der Waals surface area contributed by atoms with Gasteiger partial charge in [-0.25, -0.2) is 0 Å². The molecule has 0 bridgehead atoms. The first kappa shape index (κ1) is 19.4. The Kier molecular flexibility index (Phi) is 6.33. The summed E-state index contributed by atoms with van der Waals surface area (Å²) in [5.74, 6) is -0.425. The molecule has 138 valence electrons. The number of carbonyl (C=O) groups excluding carboxylic acids is 2. The zero-order valence-electron chi connectivity index (χ0n) is 16.0. The van der Waals surface area contributed by atoms with Crippen LogP contribution in [0.5, 0.6) is 0 Å². The molecule has 1 heterocycles. The second kappa shape index (κ2) is 8.47. The predicted molar refractivity (Wildman–Crippen MR) is 103 cm³/mol. The first-order valence-electron chi connectivity index (χ1n) is 8.55. The molecule has 26 heavy (non-hydrogen) atoms. The molecular weight excluding hydrogens is 328 g/mol. The molecule has 6 heteroatoms. The van der Waals surface area contributed by atoms with Gasteiger partial charge in [0.05, 0.1) is 18.8 Å². The molecule has 0 atom stereocenters. The van der Waals surface area contributed by atoms with Gasteiger partial charge in [0.2, 0.25) is 11.8 Å². The number of rotatable bonds is 6. The van der Waals surface area contributed by atoms with Gasteiger partial charge < -0.3 is 10.2 Å². The molecule has 0 saturated carbocycles. The molecule has 2 aromatic rings. The zero-order valence-corrected chi connectivity index (χ0v) is 16.0. The molecule has 2 amide bonds. The molecule has 2 rings (SSSR count). The lowest BCUT2D eigenvalue weighted by molar-refractivity contribution is -0.130. The second-order valence-electron chi connectivity index (χ2n) is 6.43. The number of benzene rings is 1. The van der Waals surface area contributed by atoms with Crippen molar-refractivity contribution >= 4 is 17.9 Å². The van der Waals surface area contributed by atoms with Gasteiger partial charge in [0.15, 0.2) is 0 Å². The molecule has 0 fully saturated rings. The molecule has 1 aromatic carbocycles. The van der Waals surface area contributed by atoms with E-state index >= 15 is 0 Å². The van der Waals surface area contributed by atoms with Gasteiger partial charge in [-0.15, -0.1) is 0 Å². The minimum atomic E-state index is -0.223. The molecule has 0 saturated heterocycles. The number of nitrogens with zero attached hydrogens (tertiary/aromatic N) is 3. The van der Waals surface area contributed by atoms with Crippen LogP contribution >= 0.6 is 0 Å². The standard InChI is InChI=1S/C20H26N4O2/c1-14-6-8-17(9-7-14)12-24-16(3)18(15(2)22-24)10-11-20(26)23(5)13-19(25)21-4/h6-11H,12-13H2,1-5H3,(H,21,25)/b11-10+. The molecule has 0 aliphatic carbocycles. The monoisotopic (exact) mass is 354 g/mol. The molecule has 0 aliphatic rings. The van der Waals surface area contributed by atoms with E-state index in [4.69, 9.17) is 0 Å². The molecule has 0 unspecified atom stereocenters. The Morgan fingerprint density at radius 1 is 1.19 bits per heavy atom. The number of likely N-dealkylation sites (N-methyl/N-ethyl adjacent to an activating group) is 2. The van der Waals surface area contributed by atoms with Crippen molar-refractivity contribution in [2.75, 3.05) is 20.6 Å². The summed E-state index contributed by atoms with van der Waals surface area (Å²) in [7, 11) is 3.15. The van der Waals surface area contributed by atoms with Crippen molar-refractivity contribution in [3.05, 3.63) is 58.4 Å². The van der Waals surface area contributed by atoms with Gasteiger partial charge in [0.25, 0.3) is 0 Å². The average Bonchev–Trinajstić information content (AvgIpc) is 2.88. The van der Waals surface area contributed by atoms with Crippen LogP contribution in [0.3, 0.4) is 0 Å². The fourth-order valence-electron chi connectivity index (χ4n) is 2.63. The van der Waals surface area contributed by atoms with Gasteiger partial charge in [0, 0.05) is 31.4 Å². The molecule has 0 radical (unpaired) electrons. The van der Waals surface area contributed by atoms with Crippen LogP contribution in [0.4, 0.5) is 0 Å². The average molecular weight is 354 g/mol. The third-order valence-corrected chi connectivity index (χ3v) is 4.32. The lowest BCUT2D eigenvalue weighted by atomic mass is 10.1. The lowest BCUT2D eigenvalue weighted by Gasteiger charge is -2.13. The van der Waals surface area contributed by atoms with Crippen LogP contribution in [0.15, 0.2) is 30.3 Å². The quantitative estimate of drug-likeness (QED) is 0.808. The molecule has 0 spiro atoms. The van der Waals surface area contributed by atoms with E-state index in [9.17, 15) is 9.59 Å². The van der Waals surface area contributed by atoms with Crippen LogP contribution in [0.1, 0.15) is 28.1 Å². The Bertz CT molecular complexity index is 819. The minimum Gasteiger partial charge on any atom is -0.358 e. The molecule has 6 nitrogen and oxygen atoms in total. The maximum atomic E-state index is 12.2. The summed E-state index contributed by atoms with van der Waals surface area (Å²) in [6.45, 7) is 6.70. The molecular formula is C20H26N4O2. The Balaban J connectivity index is 2.12. The fourth-order valence-corrected chi connectivity index (χ4v) is 2.63. The number of hydrogen-bond donors (Lipinski definition) is 1. The number of aryl methyl sites for hydroxylation is 2. The normalized spacial score (nSPS) is 11.0. The fraction of sp³-hybridized carbons (Fsp3) is 0.350. The second-order valence-corrected chi connectivity index (χ2v) is 6.43. The van der Waals surface area contributed by atoms with Crippen LogP contribution in [0, 0.1) is 20.8 Å². The van der Waals surface area contributed by atoms with E-state index in [1.54, 1.807) is 20.2 Å². The number of carbonyl (C=O) groups is 2. The van der Waals surface area contributed by atoms with Gasteiger partial charge in [-0.2, -0.15) is 5.10 Å². The topological polar surface area (TPSA) is 67.2 Å². The maximum Gasteiger partial charge on any atom is 0.246 e. The summed E-state index contributed by atoms with van der Waals surface area (Å²) in [6.07, 6.45) is 3.25. The lowest BCUT2D eigenvalue weighted by Crippen LogP contribution is -2.36. The van der Waals surface area contributed by atoms with Crippen LogP contribution in [-0.4, -0.2) is 47.1 Å². The van der Waals surface area contributed by atoms with Gasteiger partial charge in [-0.05, 0) is 32.4 Å².